The first-order chi connectivity index (χ1) is 10.3. The van der Waals surface area contributed by atoms with E-state index < -0.39 is 0 Å². The van der Waals surface area contributed by atoms with Crippen LogP contribution in [0.25, 0.3) is 0 Å². The van der Waals surface area contributed by atoms with Crippen LogP contribution in [0.3, 0.4) is 0 Å². The molecule has 2 saturated heterocycles. The van der Waals surface area contributed by atoms with Crippen molar-refractivity contribution in [2.24, 2.45) is 5.92 Å². The summed E-state index contributed by atoms with van der Waals surface area (Å²) < 4.78 is 5.69. The van der Waals surface area contributed by atoms with Crippen LogP contribution in [0.2, 0.25) is 0 Å². The lowest BCUT2D eigenvalue weighted by molar-refractivity contribution is 0.0485. The summed E-state index contributed by atoms with van der Waals surface area (Å²) in [5, 5.41) is 10.5. The predicted molar refractivity (Wildman–Crippen MR) is 84.2 cm³/mol. The average Bonchev–Trinajstić information content (AvgIpc) is 3.07. The van der Waals surface area contributed by atoms with Gasteiger partial charge in [-0.2, -0.15) is 0 Å². The summed E-state index contributed by atoms with van der Waals surface area (Å²) in [4.78, 5) is 2.54. The van der Waals surface area contributed by atoms with Gasteiger partial charge in [-0.3, -0.25) is 0 Å². The zero-order chi connectivity index (χ0) is 14.5. The number of aliphatic hydroxyl groups excluding tert-OH is 1. The second-order valence-electron chi connectivity index (χ2n) is 6.46. The third kappa shape index (κ3) is 4.06. The van der Waals surface area contributed by atoms with Crippen LogP contribution in [-0.2, 0) is 4.74 Å². The molecular formula is C18H27NO2. The highest BCUT2D eigenvalue weighted by atomic mass is 16.5. The van der Waals surface area contributed by atoms with Crippen LogP contribution in [0.15, 0.2) is 30.3 Å². The first kappa shape index (κ1) is 15.0. The normalized spacial score (nSPS) is 26.0. The molecule has 0 aliphatic carbocycles. The van der Waals surface area contributed by atoms with Crippen molar-refractivity contribution in [1.29, 1.82) is 0 Å². The van der Waals surface area contributed by atoms with E-state index in [1.165, 1.54) is 19.3 Å². The second-order valence-corrected chi connectivity index (χ2v) is 6.46. The van der Waals surface area contributed by atoms with E-state index in [4.69, 9.17) is 4.74 Å². The maximum Gasteiger partial charge on any atom is 0.0819 e. The number of ether oxygens (including phenoxy) is 1. The van der Waals surface area contributed by atoms with Crippen molar-refractivity contribution >= 4 is 0 Å². The van der Waals surface area contributed by atoms with Crippen molar-refractivity contribution in [2.75, 3.05) is 26.2 Å². The van der Waals surface area contributed by atoms with E-state index in [0.717, 1.165) is 44.6 Å². The molecule has 0 radical (unpaired) electrons. The Kier molecular flexibility index (Phi) is 5.28. The van der Waals surface area contributed by atoms with Gasteiger partial charge in [0.2, 0.25) is 0 Å². The van der Waals surface area contributed by atoms with Crippen LogP contribution in [-0.4, -0.2) is 42.4 Å². The third-order valence-electron chi connectivity index (χ3n) is 5.01. The van der Waals surface area contributed by atoms with Gasteiger partial charge in [0.15, 0.2) is 0 Å². The molecule has 0 unspecified atom stereocenters. The molecule has 0 saturated carbocycles. The van der Waals surface area contributed by atoms with E-state index >= 15 is 0 Å². The molecule has 2 aliphatic rings. The van der Waals surface area contributed by atoms with Gasteiger partial charge in [0, 0.05) is 13.2 Å². The van der Waals surface area contributed by atoms with E-state index in [2.05, 4.69) is 4.90 Å². The van der Waals surface area contributed by atoms with E-state index in [0.29, 0.717) is 12.0 Å². The van der Waals surface area contributed by atoms with E-state index in [-0.39, 0.29) is 6.10 Å². The largest absolute Gasteiger partial charge is 0.388 e. The number of benzene rings is 1. The highest BCUT2D eigenvalue weighted by molar-refractivity contribution is 5.18. The van der Waals surface area contributed by atoms with Gasteiger partial charge in [-0.1, -0.05) is 30.3 Å². The molecule has 2 atom stereocenters. The Labute approximate surface area is 127 Å². The lowest BCUT2D eigenvalue weighted by Crippen LogP contribution is -2.37. The van der Waals surface area contributed by atoms with Gasteiger partial charge < -0.3 is 14.7 Å². The highest BCUT2D eigenvalue weighted by Gasteiger charge is 2.26. The highest BCUT2D eigenvalue weighted by Crippen LogP contribution is 2.30. The minimum Gasteiger partial charge on any atom is -0.388 e. The van der Waals surface area contributed by atoms with Gasteiger partial charge in [0.1, 0.15) is 0 Å². The molecular weight excluding hydrogens is 262 g/mol. The fourth-order valence-corrected chi connectivity index (χ4v) is 3.61. The molecule has 1 N–H and O–H groups in total. The number of nitrogens with zero attached hydrogens (tertiary/aromatic N) is 1. The zero-order valence-corrected chi connectivity index (χ0v) is 12.8. The molecule has 3 heteroatoms. The van der Waals surface area contributed by atoms with Crippen LogP contribution < -0.4 is 0 Å². The second kappa shape index (κ2) is 7.39. The smallest absolute Gasteiger partial charge is 0.0819 e. The minimum atomic E-state index is -0.300. The zero-order valence-electron chi connectivity index (χ0n) is 12.8. The number of hydrogen-bond acceptors (Lipinski definition) is 3. The van der Waals surface area contributed by atoms with Crippen molar-refractivity contribution in [2.45, 2.75) is 44.3 Å². The van der Waals surface area contributed by atoms with Gasteiger partial charge in [-0.15, -0.1) is 0 Å². The Morgan fingerprint density at radius 3 is 2.57 bits per heavy atom. The molecule has 1 aromatic rings. The Balaban J connectivity index is 1.42. The lowest BCUT2D eigenvalue weighted by atomic mass is 9.87. The molecule has 2 aliphatic heterocycles. The van der Waals surface area contributed by atoms with Crippen LogP contribution >= 0.6 is 0 Å². The number of likely N-dealkylation sites (tertiary alicyclic amines) is 1. The standard InChI is InChI=1S/C18H27NO2/c20-18(15-5-2-1-3-6-15)16-8-11-19(12-9-16)13-10-17-7-4-14-21-17/h1-3,5-6,16-18,20H,4,7-14H2/t17-,18-/m0/s1. The molecule has 1 aromatic carbocycles. The summed E-state index contributed by atoms with van der Waals surface area (Å²) in [5.74, 6) is 0.409. The van der Waals surface area contributed by atoms with Crippen molar-refractivity contribution < 1.29 is 9.84 Å². The van der Waals surface area contributed by atoms with Crippen molar-refractivity contribution in [3.8, 4) is 0 Å². The summed E-state index contributed by atoms with van der Waals surface area (Å²) in [6.07, 6.45) is 6.04. The first-order valence-corrected chi connectivity index (χ1v) is 8.40. The molecule has 0 bridgehead atoms. The fraction of sp³-hybridized carbons (Fsp3) is 0.667. The van der Waals surface area contributed by atoms with Gasteiger partial charge in [0.25, 0.3) is 0 Å². The van der Waals surface area contributed by atoms with E-state index in [1.807, 2.05) is 30.3 Å². The lowest BCUT2D eigenvalue weighted by Gasteiger charge is -2.34. The monoisotopic (exact) mass is 289 g/mol. The molecule has 116 valence electrons. The number of hydrogen-bond donors (Lipinski definition) is 1. The van der Waals surface area contributed by atoms with E-state index in [9.17, 15) is 5.11 Å². The van der Waals surface area contributed by atoms with E-state index in [1.54, 1.807) is 0 Å². The van der Waals surface area contributed by atoms with Crippen LogP contribution in [0.5, 0.6) is 0 Å². The van der Waals surface area contributed by atoms with Crippen molar-refractivity contribution in [3.05, 3.63) is 35.9 Å². The Hall–Kier alpha value is -0.900. The summed E-state index contributed by atoms with van der Waals surface area (Å²) in [6, 6.07) is 10.1. The molecule has 2 fully saturated rings. The maximum absolute atomic E-state index is 10.5. The molecule has 0 aromatic heterocycles. The fourth-order valence-electron chi connectivity index (χ4n) is 3.61. The minimum absolute atomic E-state index is 0.300. The molecule has 0 amide bonds. The maximum atomic E-state index is 10.5. The first-order valence-electron chi connectivity index (χ1n) is 8.40. The molecule has 3 nitrogen and oxygen atoms in total. The summed E-state index contributed by atoms with van der Waals surface area (Å²) in [7, 11) is 0. The van der Waals surface area contributed by atoms with Crippen LogP contribution in [0.1, 0.15) is 43.8 Å². The Morgan fingerprint density at radius 1 is 1.14 bits per heavy atom. The molecule has 2 heterocycles. The average molecular weight is 289 g/mol. The van der Waals surface area contributed by atoms with Gasteiger partial charge in [-0.05, 0) is 56.7 Å². The summed E-state index contributed by atoms with van der Waals surface area (Å²) >= 11 is 0. The Bertz CT molecular complexity index is 408. The van der Waals surface area contributed by atoms with Crippen LogP contribution in [0.4, 0.5) is 0 Å². The number of rotatable bonds is 5. The quantitative estimate of drug-likeness (QED) is 0.904. The molecule has 21 heavy (non-hydrogen) atoms. The van der Waals surface area contributed by atoms with Crippen molar-refractivity contribution in [3.63, 3.8) is 0 Å². The molecule has 0 spiro atoms. The Morgan fingerprint density at radius 2 is 1.90 bits per heavy atom. The number of piperidine rings is 1. The van der Waals surface area contributed by atoms with Crippen molar-refractivity contribution in [1.82, 2.24) is 4.90 Å². The number of aliphatic hydroxyl groups is 1. The van der Waals surface area contributed by atoms with Gasteiger partial charge in [0.05, 0.1) is 12.2 Å². The summed E-state index contributed by atoms with van der Waals surface area (Å²) in [5.41, 5.74) is 1.07. The van der Waals surface area contributed by atoms with Gasteiger partial charge >= 0.3 is 0 Å². The van der Waals surface area contributed by atoms with Crippen LogP contribution in [0, 0.1) is 5.92 Å². The van der Waals surface area contributed by atoms with Gasteiger partial charge in [-0.25, -0.2) is 0 Å². The third-order valence-corrected chi connectivity index (χ3v) is 5.01. The SMILES string of the molecule is O[C@@H](c1ccccc1)C1CCN(CC[C@@H]2CCCO2)CC1. The predicted octanol–water partition coefficient (Wildman–Crippen LogP) is 3.00. The topological polar surface area (TPSA) is 32.7 Å². The molecule has 3 rings (SSSR count). The summed E-state index contributed by atoms with van der Waals surface area (Å²) in [6.45, 7) is 4.33.